The first-order chi connectivity index (χ1) is 10.7. The molecule has 0 atom stereocenters. The van der Waals surface area contributed by atoms with Crippen molar-refractivity contribution in [2.45, 2.75) is 5.40 Å². The molecule has 11 nitrogen and oxygen atoms in total. The molecule has 0 aromatic carbocycles. The van der Waals surface area contributed by atoms with Gasteiger partial charge in [0.1, 0.15) is 0 Å². The first-order valence-electron chi connectivity index (χ1n) is 6.72. The molecule has 0 fully saturated rings. The number of hydrogen-bond acceptors (Lipinski definition) is 7. The Bertz CT molecular complexity index is 357. The van der Waals surface area contributed by atoms with Gasteiger partial charge in [-0.05, 0) is 0 Å². The molecule has 0 saturated heterocycles. The molecule has 5 N–H and O–H groups in total. The van der Waals surface area contributed by atoms with Crippen LogP contribution in [0, 0.1) is 0 Å². The summed E-state index contributed by atoms with van der Waals surface area (Å²) in [6.07, 6.45) is 0. The van der Waals surface area contributed by atoms with Crippen LogP contribution in [0.3, 0.4) is 0 Å². The highest BCUT2D eigenvalue weighted by Crippen LogP contribution is 2.59. The summed E-state index contributed by atoms with van der Waals surface area (Å²) in [7, 11) is -9.91. The summed E-state index contributed by atoms with van der Waals surface area (Å²) < 4.78 is 41.9. The van der Waals surface area contributed by atoms with Crippen molar-refractivity contribution >= 4 is 15.2 Å². The van der Waals surface area contributed by atoms with E-state index < -0.39 is 27.2 Å². The van der Waals surface area contributed by atoms with Gasteiger partial charge in [-0.2, -0.15) is 0 Å². The molecule has 0 saturated carbocycles. The van der Waals surface area contributed by atoms with Crippen LogP contribution in [0.15, 0.2) is 0 Å². The SMILES string of the molecule is O=P(O)(O)C(COCCOCCOCCOCCO)P(=O)(O)O. The van der Waals surface area contributed by atoms with E-state index in [1.807, 2.05) is 0 Å². The third kappa shape index (κ3) is 13.1. The van der Waals surface area contributed by atoms with Gasteiger partial charge in [-0.25, -0.2) is 0 Å². The monoisotopic (exact) mass is 382 g/mol. The van der Waals surface area contributed by atoms with Crippen molar-refractivity contribution in [1.29, 1.82) is 0 Å². The van der Waals surface area contributed by atoms with E-state index in [9.17, 15) is 9.13 Å². The first-order valence-corrected chi connectivity index (χ1v) is 10.1. The Hall–Kier alpha value is 0.1000. The molecule has 0 aliphatic carbocycles. The van der Waals surface area contributed by atoms with Gasteiger partial charge in [0.05, 0.1) is 59.5 Å². The lowest BCUT2D eigenvalue weighted by Crippen LogP contribution is -2.19. The molecule has 0 unspecified atom stereocenters. The second-order valence-corrected chi connectivity index (χ2v) is 8.30. The summed E-state index contributed by atoms with van der Waals surface area (Å²) in [5, 5.41) is 6.28. The van der Waals surface area contributed by atoms with E-state index >= 15 is 0 Å². The highest BCUT2D eigenvalue weighted by atomic mass is 31.2. The maximum atomic E-state index is 11.0. The molecule has 0 rings (SSSR count). The van der Waals surface area contributed by atoms with Gasteiger partial charge in [0, 0.05) is 0 Å². The molecule has 23 heavy (non-hydrogen) atoms. The van der Waals surface area contributed by atoms with E-state index in [2.05, 4.69) is 0 Å². The molecular weight excluding hydrogens is 358 g/mol. The fourth-order valence-electron chi connectivity index (χ4n) is 1.30. The molecule has 0 aliphatic heterocycles. The van der Waals surface area contributed by atoms with Crippen LogP contribution >= 0.6 is 15.2 Å². The minimum atomic E-state index is -4.96. The van der Waals surface area contributed by atoms with Gasteiger partial charge in [0.25, 0.3) is 0 Å². The number of rotatable bonds is 15. The average Bonchev–Trinajstić information content (AvgIpc) is 2.41. The molecule has 0 radical (unpaired) electrons. The van der Waals surface area contributed by atoms with Crippen molar-refractivity contribution in [3.8, 4) is 0 Å². The summed E-state index contributed by atoms with van der Waals surface area (Å²) in [5.74, 6) is 0. The van der Waals surface area contributed by atoms with Crippen LogP contribution in [0.4, 0.5) is 0 Å². The van der Waals surface area contributed by atoms with E-state index in [0.717, 1.165) is 0 Å². The minimum absolute atomic E-state index is 0.0476. The van der Waals surface area contributed by atoms with Crippen molar-refractivity contribution in [1.82, 2.24) is 0 Å². The maximum Gasteiger partial charge on any atom is 0.343 e. The second-order valence-electron chi connectivity index (χ2n) is 4.29. The standard InChI is InChI=1S/C10H24O11P2/c11-1-2-18-3-4-19-5-6-20-7-8-21-9-10(22(12,13)14)23(15,16)17/h10-11H,1-9H2,(H2,12,13,14)(H2,15,16,17). The van der Waals surface area contributed by atoms with E-state index in [1.54, 1.807) is 0 Å². The maximum absolute atomic E-state index is 11.0. The summed E-state index contributed by atoms with van der Waals surface area (Å²) in [6, 6.07) is 0. The summed E-state index contributed by atoms with van der Waals surface area (Å²) in [5.41, 5.74) is 0. The Kier molecular flexibility index (Phi) is 12.5. The zero-order valence-corrected chi connectivity index (χ0v) is 14.3. The zero-order chi connectivity index (χ0) is 17.8. The number of hydrogen-bond donors (Lipinski definition) is 5. The average molecular weight is 382 g/mol. The predicted molar refractivity (Wildman–Crippen MR) is 78.2 cm³/mol. The Morgan fingerprint density at radius 3 is 1.35 bits per heavy atom. The number of ether oxygens (including phenoxy) is 4. The Morgan fingerprint density at radius 1 is 0.652 bits per heavy atom. The topological polar surface area (TPSA) is 172 Å². The van der Waals surface area contributed by atoms with Crippen molar-refractivity contribution in [2.24, 2.45) is 0 Å². The highest BCUT2D eigenvalue weighted by Gasteiger charge is 2.43. The quantitative estimate of drug-likeness (QED) is 0.169. The molecule has 0 spiro atoms. The third-order valence-corrected chi connectivity index (χ3v) is 6.05. The highest BCUT2D eigenvalue weighted by molar-refractivity contribution is 7.70. The smallest absolute Gasteiger partial charge is 0.343 e. The molecule has 0 aromatic heterocycles. The van der Waals surface area contributed by atoms with Gasteiger partial charge in [-0.15, -0.1) is 0 Å². The van der Waals surface area contributed by atoms with Crippen LogP contribution in [0.5, 0.6) is 0 Å². The van der Waals surface area contributed by atoms with Gasteiger partial charge >= 0.3 is 15.2 Å². The Labute approximate surface area is 133 Å². The van der Waals surface area contributed by atoms with E-state index in [4.69, 9.17) is 43.6 Å². The van der Waals surface area contributed by atoms with Gasteiger partial charge in [-0.1, -0.05) is 0 Å². The molecule has 0 aromatic rings. The molecule has 0 aliphatic rings. The van der Waals surface area contributed by atoms with Crippen LogP contribution in [-0.2, 0) is 28.1 Å². The molecule has 140 valence electrons. The number of aliphatic hydroxyl groups excluding tert-OH is 1. The van der Waals surface area contributed by atoms with Gasteiger partial charge in [0.2, 0.25) is 0 Å². The van der Waals surface area contributed by atoms with Gasteiger partial charge in [0.15, 0.2) is 5.40 Å². The second kappa shape index (κ2) is 12.5. The van der Waals surface area contributed by atoms with Crippen LogP contribution in [0.2, 0.25) is 0 Å². The largest absolute Gasteiger partial charge is 0.394 e. The van der Waals surface area contributed by atoms with Crippen LogP contribution in [0.25, 0.3) is 0 Å². The van der Waals surface area contributed by atoms with Crippen molar-refractivity contribution in [3.05, 3.63) is 0 Å². The summed E-state index contributed by atoms with van der Waals surface area (Å²) in [4.78, 5) is 35.4. The molecule has 0 heterocycles. The molecule has 13 heteroatoms. The zero-order valence-electron chi connectivity index (χ0n) is 12.5. The molecular formula is C10H24O11P2. The van der Waals surface area contributed by atoms with E-state index in [1.165, 1.54) is 0 Å². The fraction of sp³-hybridized carbons (Fsp3) is 1.00. The van der Waals surface area contributed by atoms with Crippen LogP contribution in [0.1, 0.15) is 0 Å². The third-order valence-electron chi connectivity index (χ3n) is 2.40. The normalized spacial score (nSPS) is 13.0. The van der Waals surface area contributed by atoms with Gasteiger partial charge in [-0.3, -0.25) is 9.13 Å². The predicted octanol–water partition coefficient (Wildman–Crippen LogP) is -1.27. The first kappa shape index (κ1) is 23.1. The van der Waals surface area contributed by atoms with Crippen LogP contribution in [-0.4, -0.2) is 89.5 Å². The summed E-state index contributed by atoms with van der Waals surface area (Å²) >= 11 is 0. The lowest BCUT2D eigenvalue weighted by molar-refractivity contribution is -0.00508. The molecule has 0 bridgehead atoms. The van der Waals surface area contributed by atoms with Crippen molar-refractivity contribution in [2.75, 3.05) is 59.5 Å². The Balaban J connectivity index is 3.58. The van der Waals surface area contributed by atoms with E-state index in [0.29, 0.717) is 19.8 Å². The minimum Gasteiger partial charge on any atom is -0.394 e. The van der Waals surface area contributed by atoms with Crippen molar-refractivity contribution in [3.63, 3.8) is 0 Å². The fourth-order valence-corrected chi connectivity index (χ4v) is 3.47. The lowest BCUT2D eigenvalue weighted by Gasteiger charge is -2.19. The Morgan fingerprint density at radius 2 is 1.00 bits per heavy atom. The summed E-state index contributed by atoms with van der Waals surface area (Å²) in [6.45, 7) is 0.712. The van der Waals surface area contributed by atoms with Crippen molar-refractivity contribution < 1.29 is 52.8 Å². The number of aliphatic hydroxyl groups is 1. The lowest BCUT2D eigenvalue weighted by atomic mass is 10.7. The van der Waals surface area contributed by atoms with E-state index in [-0.39, 0.29) is 33.0 Å². The molecule has 0 amide bonds. The van der Waals surface area contributed by atoms with Crippen LogP contribution < -0.4 is 0 Å². The van der Waals surface area contributed by atoms with Gasteiger partial charge < -0.3 is 43.6 Å².